The zero-order valence-electron chi connectivity index (χ0n) is 8.37. The fraction of sp³-hybridized carbons (Fsp3) is 0.0769. The second-order valence-corrected chi connectivity index (χ2v) is 4.82. The van der Waals surface area contributed by atoms with Crippen molar-refractivity contribution in [3.63, 3.8) is 0 Å². The number of hydrogen-bond acceptors (Lipinski definition) is 1. The van der Waals surface area contributed by atoms with E-state index in [-0.39, 0.29) is 0 Å². The summed E-state index contributed by atoms with van der Waals surface area (Å²) in [7, 11) is 0. The van der Waals surface area contributed by atoms with Crippen LogP contribution in [-0.4, -0.2) is 0 Å². The molecule has 0 spiro atoms. The molecule has 0 saturated carbocycles. The van der Waals surface area contributed by atoms with Crippen LogP contribution in [0.4, 0.5) is 0 Å². The molecule has 0 unspecified atom stereocenters. The molecular weight excluding hydrogens is 268 g/mol. The van der Waals surface area contributed by atoms with Crippen molar-refractivity contribution in [3.05, 3.63) is 52.5 Å². The summed E-state index contributed by atoms with van der Waals surface area (Å²) in [6, 6.07) is 14.5. The lowest BCUT2D eigenvalue weighted by Gasteiger charge is -2.06. The van der Waals surface area contributed by atoms with Gasteiger partial charge in [0.05, 0.1) is 0 Å². The normalized spacial score (nSPS) is 10.3. The van der Waals surface area contributed by atoms with E-state index in [2.05, 4.69) is 59.7 Å². The predicted molar refractivity (Wildman–Crippen MR) is 71.6 cm³/mol. The molecule has 0 bridgehead atoms. The zero-order chi connectivity index (χ0) is 10.8. The van der Waals surface area contributed by atoms with Crippen molar-refractivity contribution in [2.45, 2.75) is 11.8 Å². The van der Waals surface area contributed by atoms with Gasteiger partial charge in [-0.15, -0.1) is 12.6 Å². The minimum atomic E-state index is 1.01. The summed E-state index contributed by atoms with van der Waals surface area (Å²) in [5.41, 5.74) is 3.61. The Labute approximate surface area is 104 Å². The van der Waals surface area contributed by atoms with Gasteiger partial charge in [0.1, 0.15) is 0 Å². The fourth-order valence-electron chi connectivity index (χ4n) is 1.48. The average Bonchev–Trinajstić information content (AvgIpc) is 2.23. The number of aryl methyl sites for hydroxylation is 1. The van der Waals surface area contributed by atoms with Gasteiger partial charge < -0.3 is 0 Å². The third kappa shape index (κ3) is 2.27. The van der Waals surface area contributed by atoms with E-state index < -0.39 is 0 Å². The van der Waals surface area contributed by atoms with Crippen LogP contribution in [0, 0.1) is 6.92 Å². The van der Waals surface area contributed by atoms with Crippen LogP contribution in [0.15, 0.2) is 51.8 Å². The highest BCUT2D eigenvalue weighted by atomic mass is 79.9. The summed E-state index contributed by atoms with van der Waals surface area (Å²) < 4.78 is 1.14. The molecule has 0 fully saturated rings. The topological polar surface area (TPSA) is 0 Å². The third-order valence-electron chi connectivity index (χ3n) is 2.39. The first-order valence-corrected chi connectivity index (χ1v) is 5.97. The molecule has 15 heavy (non-hydrogen) atoms. The molecule has 0 nitrogen and oxygen atoms in total. The molecule has 0 saturated heterocycles. The van der Waals surface area contributed by atoms with Crippen molar-refractivity contribution >= 4 is 28.6 Å². The molecule has 2 aromatic rings. The van der Waals surface area contributed by atoms with Crippen molar-refractivity contribution in [1.29, 1.82) is 0 Å². The molecule has 0 aliphatic carbocycles. The average molecular weight is 279 g/mol. The Morgan fingerprint density at radius 1 is 1.07 bits per heavy atom. The maximum Gasteiger partial charge on any atom is 0.0210 e. The molecule has 0 amide bonds. The quantitative estimate of drug-likeness (QED) is 0.718. The molecule has 0 heterocycles. The van der Waals surface area contributed by atoms with E-state index in [4.69, 9.17) is 0 Å². The van der Waals surface area contributed by atoms with Crippen molar-refractivity contribution < 1.29 is 0 Å². The van der Waals surface area contributed by atoms with Crippen LogP contribution in [0.3, 0.4) is 0 Å². The summed E-state index contributed by atoms with van der Waals surface area (Å²) in [6.07, 6.45) is 0. The van der Waals surface area contributed by atoms with Crippen LogP contribution < -0.4 is 0 Å². The lowest BCUT2D eigenvalue weighted by molar-refractivity contribution is 1.40. The van der Waals surface area contributed by atoms with Gasteiger partial charge in [-0.25, -0.2) is 0 Å². The Kier molecular flexibility index (Phi) is 3.17. The largest absolute Gasteiger partial charge is 0.143 e. The van der Waals surface area contributed by atoms with Crippen LogP contribution >= 0.6 is 28.6 Å². The number of benzene rings is 2. The Hall–Kier alpha value is -0.730. The number of halogens is 1. The molecule has 2 rings (SSSR count). The second-order valence-electron chi connectivity index (χ2n) is 3.48. The van der Waals surface area contributed by atoms with E-state index in [0.29, 0.717) is 0 Å². The number of hydrogen-bond donors (Lipinski definition) is 1. The van der Waals surface area contributed by atoms with Crippen molar-refractivity contribution in [2.24, 2.45) is 0 Å². The molecule has 0 aliphatic heterocycles. The van der Waals surface area contributed by atoms with E-state index in [1.54, 1.807) is 0 Å². The van der Waals surface area contributed by atoms with Gasteiger partial charge in [0, 0.05) is 9.37 Å². The van der Waals surface area contributed by atoms with Gasteiger partial charge in [0.15, 0.2) is 0 Å². The predicted octanol–water partition coefficient (Wildman–Crippen LogP) is 4.71. The minimum absolute atomic E-state index is 1.01. The SMILES string of the molecule is Cc1ccc(-c2ccccc2S)cc1Br. The molecule has 0 atom stereocenters. The number of thiol groups is 1. The van der Waals surface area contributed by atoms with Crippen LogP contribution in [0.2, 0.25) is 0 Å². The highest BCUT2D eigenvalue weighted by Gasteiger charge is 2.02. The van der Waals surface area contributed by atoms with Crippen LogP contribution in [0.1, 0.15) is 5.56 Å². The molecule has 0 aromatic heterocycles. The zero-order valence-corrected chi connectivity index (χ0v) is 10.8. The fourth-order valence-corrected chi connectivity index (χ4v) is 2.15. The summed E-state index contributed by atoms with van der Waals surface area (Å²) in [6.45, 7) is 2.08. The van der Waals surface area contributed by atoms with Gasteiger partial charge in [0.2, 0.25) is 0 Å². The highest BCUT2D eigenvalue weighted by Crippen LogP contribution is 2.29. The molecule has 2 heteroatoms. The molecule has 0 N–H and O–H groups in total. The molecule has 0 radical (unpaired) electrons. The molecule has 76 valence electrons. The van der Waals surface area contributed by atoms with Crippen molar-refractivity contribution in [2.75, 3.05) is 0 Å². The Balaban J connectivity index is 2.55. The first-order chi connectivity index (χ1) is 7.18. The van der Waals surface area contributed by atoms with E-state index in [0.717, 1.165) is 9.37 Å². The van der Waals surface area contributed by atoms with Gasteiger partial charge >= 0.3 is 0 Å². The first-order valence-electron chi connectivity index (χ1n) is 4.73. The van der Waals surface area contributed by atoms with E-state index in [1.807, 2.05) is 18.2 Å². The summed E-state index contributed by atoms with van der Waals surface area (Å²) in [5.74, 6) is 0. The molecule has 0 aliphatic rings. The molecule has 2 aromatic carbocycles. The van der Waals surface area contributed by atoms with Gasteiger partial charge in [-0.1, -0.05) is 46.3 Å². The first kappa shape index (κ1) is 10.8. The monoisotopic (exact) mass is 278 g/mol. The van der Waals surface area contributed by atoms with Crippen molar-refractivity contribution in [1.82, 2.24) is 0 Å². The number of rotatable bonds is 1. The van der Waals surface area contributed by atoms with Crippen LogP contribution in [0.25, 0.3) is 11.1 Å². The maximum absolute atomic E-state index is 4.45. The summed E-state index contributed by atoms with van der Waals surface area (Å²) >= 11 is 8.00. The lowest BCUT2D eigenvalue weighted by atomic mass is 10.0. The highest BCUT2D eigenvalue weighted by molar-refractivity contribution is 9.10. The third-order valence-corrected chi connectivity index (χ3v) is 3.63. The van der Waals surface area contributed by atoms with Crippen LogP contribution in [-0.2, 0) is 0 Å². The van der Waals surface area contributed by atoms with E-state index >= 15 is 0 Å². The summed E-state index contributed by atoms with van der Waals surface area (Å²) in [5, 5.41) is 0. The smallest absolute Gasteiger partial charge is 0.0210 e. The van der Waals surface area contributed by atoms with Gasteiger partial charge in [-0.3, -0.25) is 0 Å². The Morgan fingerprint density at radius 3 is 2.47 bits per heavy atom. The van der Waals surface area contributed by atoms with Gasteiger partial charge in [0.25, 0.3) is 0 Å². The van der Waals surface area contributed by atoms with Crippen LogP contribution in [0.5, 0.6) is 0 Å². The second kappa shape index (κ2) is 4.42. The lowest BCUT2D eigenvalue weighted by Crippen LogP contribution is -1.82. The van der Waals surface area contributed by atoms with E-state index in [1.165, 1.54) is 16.7 Å². The van der Waals surface area contributed by atoms with E-state index in [9.17, 15) is 0 Å². The summed E-state index contributed by atoms with van der Waals surface area (Å²) in [4.78, 5) is 1.01. The Morgan fingerprint density at radius 2 is 1.80 bits per heavy atom. The minimum Gasteiger partial charge on any atom is -0.143 e. The van der Waals surface area contributed by atoms with Gasteiger partial charge in [-0.2, -0.15) is 0 Å². The Bertz CT molecular complexity index is 492. The standard InChI is InChI=1S/C13H11BrS/c1-9-6-7-10(8-12(9)14)11-4-2-3-5-13(11)15/h2-8,15H,1H3. The van der Waals surface area contributed by atoms with Crippen molar-refractivity contribution in [3.8, 4) is 11.1 Å². The van der Waals surface area contributed by atoms with Gasteiger partial charge in [-0.05, 0) is 35.7 Å². The maximum atomic E-state index is 4.45. The molecular formula is C13H11BrS.